The largest absolute Gasteiger partial charge is 0.443 e. The molecule has 0 radical (unpaired) electrons. The van der Waals surface area contributed by atoms with E-state index in [1.54, 1.807) is 47.6 Å². The lowest BCUT2D eigenvalue weighted by atomic mass is 9.89. The summed E-state index contributed by atoms with van der Waals surface area (Å²) >= 11 is 2.80. The van der Waals surface area contributed by atoms with Gasteiger partial charge in [0.2, 0.25) is 0 Å². The third kappa shape index (κ3) is 6.22. The second-order valence-electron chi connectivity index (χ2n) is 14.5. The second-order valence-corrected chi connectivity index (χ2v) is 16.7. The van der Waals surface area contributed by atoms with E-state index in [9.17, 15) is 19.2 Å². The maximum absolute atomic E-state index is 14.3. The van der Waals surface area contributed by atoms with E-state index < -0.39 is 35.2 Å². The number of amides is 4. The van der Waals surface area contributed by atoms with Crippen molar-refractivity contribution in [3.63, 3.8) is 0 Å². The zero-order chi connectivity index (χ0) is 32.4. The van der Waals surface area contributed by atoms with E-state index in [0.717, 1.165) is 26.0 Å². The van der Waals surface area contributed by atoms with Gasteiger partial charge in [0.05, 0.1) is 32.3 Å². The predicted octanol–water partition coefficient (Wildman–Crippen LogP) is 8.47. The minimum absolute atomic E-state index is 0.00914. The van der Waals surface area contributed by atoms with Gasteiger partial charge in [-0.15, -0.1) is 22.7 Å². The van der Waals surface area contributed by atoms with Crippen molar-refractivity contribution < 1.29 is 28.7 Å². The maximum Gasteiger partial charge on any atom is 0.422 e. The molecule has 2 aliphatic rings. The molecule has 4 rings (SSSR count). The van der Waals surface area contributed by atoms with Crippen LogP contribution in [0.25, 0.3) is 11.4 Å². The molecule has 10 heteroatoms. The molecule has 0 saturated carbocycles. The quantitative estimate of drug-likeness (QED) is 0.338. The molecule has 0 fully saturated rings. The number of nitrogens with zero attached hydrogens (tertiary/aromatic N) is 2. The number of fused-ring (bicyclic) bond motifs is 1. The molecule has 0 bridgehead atoms. The van der Waals surface area contributed by atoms with E-state index in [1.165, 1.54) is 22.7 Å². The molecule has 0 aromatic carbocycles. The molecular weight excluding hydrogens is 585 g/mol. The number of carbonyl (C=O) groups excluding carboxylic acids is 4. The molecular formula is C33H42N2O6S2. The van der Waals surface area contributed by atoms with Crippen molar-refractivity contribution in [2.45, 2.75) is 112 Å². The highest BCUT2D eigenvalue weighted by atomic mass is 32.1. The highest BCUT2D eigenvalue weighted by Gasteiger charge is 2.54. The lowest BCUT2D eigenvalue weighted by molar-refractivity contribution is -0.123. The average Bonchev–Trinajstić information content (AvgIpc) is 3.60. The fourth-order valence-corrected chi connectivity index (χ4v) is 6.93. The van der Waals surface area contributed by atoms with Crippen molar-refractivity contribution in [2.24, 2.45) is 0 Å². The van der Waals surface area contributed by atoms with Gasteiger partial charge in [-0.2, -0.15) is 0 Å². The lowest BCUT2D eigenvalue weighted by Crippen LogP contribution is -2.40. The van der Waals surface area contributed by atoms with E-state index in [0.29, 0.717) is 9.75 Å². The smallest absolute Gasteiger partial charge is 0.422 e. The molecule has 4 heterocycles. The Morgan fingerprint density at radius 3 is 1.35 bits per heavy atom. The molecule has 43 heavy (non-hydrogen) atoms. The zero-order valence-corrected chi connectivity index (χ0v) is 28.8. The molecule has 232 valence electrons. The van der Waals surface area contributed by atoms with Crippen LogP contribution in [0.15, 0.2) is 35.4 Å². The Morgan fingerprint density at radius 2 is 1.02 bits per heavy atom. The summed E-state index contributed by atoms with van der Waals surface area (Å²) in [4.78, 5) is 61.0. The van der Waals surface area contributed by atoms with Gasteiger partial charge in [0.25, 0.3) is 11.8 Å². The topological polar surface area (TPSA) is 93.2 Å². The third-order valence-electron chi connectivity index (χ3n) is 7.13. The second kappa shape index (κ2) is 10.7. The number of rotatable bonds is 4. The minimum Gasteiger partial charge on any atom is -0.443 e. The average molecular weight is 627 g/mol. The lowest BCUT2D eigenvalue weighted by Gasteiger charge is -2.27. The molecule has 0 saturated heterocycles. The molecule has 2 aromatic rings. The molecule has 0 spiro atoms. The van der Waals surface area contributed by atoms with Gasteiger partial charge >= 0.3 is 12.2 Å². The Balaban J connectivity index is 2.04. The summed E-state index contributed by atoms with van der Waals surface area (Å²) in [5, 5.41) is 0. The van der Waals surface area contributed by atoms with Gasteiger partial charge in [-0.25, -0.2) is 19.4 Å². The van der Waals surface area contributed by atoms with Crippen molar-refractivity contribution >= 4 is 58.1 Å². The van der Waals surface area contributed by atoms with Gasteiger partial charge in [0.1, 0.15) is 11.2 Å². The molecule has 0 atom stereocenters. The Hall–Kier alpha value is -3.24. The fourth-order valence-electron chi connectivity index (χ4n) is 4.61. The summed E-state index contributed by atoms with van der Waals surface area (Å²) in [7, 11) is 0. The van der Waals surface area contributed by atoms with Gasteiger partial charge in [0.15, 0.2) is 0 Å². The number of imide groups is 2. The van der Waals surface area contributed by atoms with Crippen LogP contribution in [-0.2, 0) is 29.9 Å². The molecule has 0 N–H and O–H groups in total. The van der Waals surface area contributed by atoms with Crippen LogP contribution >= 0.6 is 22.7 Å². The zero-order valence-electron chi connectivity index (χ0n) is 27.2. The van der Waals surface area contributed by atoms with Crippen LogP contribution in [0.3, 0.4) is 0 Å². The summed E-state index contributed by atoms with van der Waals surface area (Å²) in [6.45, 7) is 22.8. The van der Waals surface area contributed by atoms with Crippen molar-refractivity contribution in [3.05, 3.63) is 54.9 Å². The van der Waals surface area contributed by atoms with Crippen LogP contribution in [0.4, 0.5) is 9.59 Å². The Morgan fingerprint density at radius 1 is 0.651 bits per heavy atom. The summed E-state index contributed by atoms with van der Waals surface area (Å²) in [5.74, 6) is -1.44. The minimum atomic E-state index is -0.894. The molecule has 0 unspecified atom stereocenters. The Labute approximate surface area is 262 Å². The van der Waals surface area contributed by atoms with Crippen LogP contribution in [0, 0.1) is 0 Å². The number of hydrogen-bond acceptors (Lipinski definition) is 8. The molecule has 8 nitrogen and oxygen atoms in total. The van der Waals surface area contributed by atoms with E-state index in [-0.39, 0.29) is 33.4 Å². The normalized spacial score (nSPS) is 16.5. The van der Waals surface area contributed by atoms with Crippen molar-refractivity contribution in [1.29, 1.82) is 0 Å². The first-order chi connectivity index (χ1) is 19.6. The van der Waals surface area contributed by atoms with Gasteiger partial charge in [-0.1, -0.05) is 41.5 Å². The van der Waals surface area contributed by atoms with Crippen LogP contribution in [-0.4, -0.2) is 45.0 Å². The van der Waals surface area contributed by atoms with Crippen molar-refractivity contribution in [2.75, 3.05) is 0 Å². The number of ether oxygens (including phenoxy) is 2. The van der Waals surface area contributed by atoms with Crippen molar-refractivity contribution in [3.8, 4) is 0 Å². The summed E-state index contributed by atoms with van der Waals surface area (Å²) < 4.78 is 11.3. The molecule has 2 aliphatic heterocycles. The van der Waals surface area contributed by atoms with E-state index in [1.807, 2.05) is 18.2 Å². The fraction of sp³-hybridized carbons (Fsp3) is 0.515. The summed E-state index contributed by atoms with van der Waals surface area (Å²) in [6, 6.07) is 7.51. The first-order valence-corrected chi connectivity index (χ1v) is 16.1. The summed E-state index contributed by atoms with van der Waals surface area (Å²) in [5.41, 5.74) is -1.94. The first kappa shape index (κ1) is 32.7. The molecule has 4 amide bonds. The van der Waals surface area contributed by atoms with E-state index in [4.69, 9.17) is 9.47 Å². The Kier molecular flexibility index (Phi) is 8.15. The molecule has 2 aromatic heterocycles. The van der Waals surface area contributed by atoms with Crippen LogP contribution in [0.1, 0.15) is 109 Å². The molecule has 0 aliphatic carbocycles. The number of thiophene rings is 2. The standard InChI is InChI=1S/C33H42N2O6S2/c1-13-33(11,12)21-17-15-19(43-21)25-23-22(26(36)35(25)29(39)41-32(8,9)10)24(18-14-16-20(42-18)30(2,3)4)34(27(23)37)28(38)40-31(5,6)7/h14-17H,13H2,1-12H3. The van der Waals surface area contributed by atoms with Crippen LogP contribution < -0.4 is 0 Å². The number of hydrogen-bond donors (Lipinski definition) is 0. The van der Waals surface area contributed by atoms with E-state index in [2.05, 4.69) is 41.5 Å². The van der Waals surface area contributed by atoms with Gasteiger partial charge in [0, 0.05) is 9.75 Å². The van der Waals surface area contributed by atoms with Crippen molar-refractivity contribution in [1.82, 2.24) is 9.80 Å². The number of carbonyl (C=O) groups is 4. The Bertz CT molecular complexity index is 1570. The van der Waals surface area contributed by atoms with E-state index >= 15 is 0 Å². The SMILES string of the molecule is CCC(C)(C)c1ccc(C2=C3C(=O)N(C(=O)OC(C)(C)C)C(c4ccc(C(C)(C)C)s4)=C3C(=O)N2C(=O)OC(C)(C)C)s1. The predicted molar refractivity (Wildman–Crippen MR) is 171 cm³/mol. The van der Waals surface area contributed by atoms with Crippen LogP contribution in [0.2, 0.25) is 0 Å². The highest BCUT2D eigenvalue weighted by Crippen LogP contribution is 2.50. The third-order valence-corrected chi connectivity index (χ3v) is 10.1. The highest BCUT2D eigenvalue weighted by molar-refractivity contribution is 7.13. The van der Waals surface area contributed by atoms with Gasteiger partial charge in [-0.3, -0.25) is 9.59 Å². The monoisotopic (exact) mass is 626 g/mol. The van der Waals surface area contributed by atoms with Gasteiger partial charge < -0.3 is 9.47 Å². The van der Waals surface area contributed by atoms with Crippen LogP contribution in [0.5, 0.6) is 0 Å². The first-order valence-electron chi connectivity index (χ1n) is 14.4. The van der Waals surface area contributed by atoms with Gasteiger partial charge in [-0.05, 0) is 83.1 Å². The maximum atomic E-state index is 14.3. The summed E-state index contributed by atoms with van der Waals surface area (Å²) in [6.07, 6.45) is -0.908.